The molecule has 3 heteroatoms. The molecule has 2 heterocycles. The zero-order valence-corrected chi connectivity index (χ0v) is 9.46. The number of pyridine rings is 1. The number of aromatic hydroxyl groups is 1. The van der Waals surface area contributed by atoms with Crippen LogP contribution in [0.3, 0.4) is 0 Å². The minimum absolute atomic E-state index is 0.241. The summed E-state index contributed by atoms with van der Waals surface area (Å²) < 4.78 is 1.90. The van der Waals surface area contributed by atoms with Crippen LogP contribution in [0.25, 0.3) is 16.9 Å². The summed E-state index contributed by atoms with van der Waals surface area (Å²) in [6.45, 7) is 2.05. The number of hydrogen-bond donors (Lipinski definition) is 1. The van der Waals surface area contributed by atoms with E-state index in [0.717, 1.165) is 16.9 Å². The van der Waals surface area contributed by atoms with Crippen molar-refractivity contribution >= 4 is 5.52 Å². The van der Waals surface area contributed by atoms with Crippen LogP contribution < -0.4 is 0 Å². The number of rotatable bonds is 1. The Balaban J connectivity index is 2.31. The molecule has 17 heavy (non-hydrogen) atoms. The highest BCUT2D eigenvalue weighted by atomic mass is 16.3. The monoisotopic (exact) mass is 224 g/mol. The van der Waals surface area contributed by atoms with Gasteiger partial charge >= 0.3 is 0 Å². The number of hydrogen-bond acceptors (Lipinski definition) is 2. The summed E-state index contributed by atoms with van der Waals surface area (Å²) in [4.78, 5) is 4.42. The van der Waals surface area contributed by atoms with Crippen LogP contribution in [0.1, 0.15) is 5.56 Å². The van der Waals surface area contributed by atoms with Crippen LogP contribution in [0.15, 0.2) is 48.8 Å². The minimum atomic E-state index is 0.241. The van der Waals surface area contributed by atoms with E-state index in [1.807, 2.05) is 28.7 Å². The average Bonchev–Trinajstić information content (AvgIpc) is 2.72. The van der Waals surface area contributed by atoms with E-state index in [1.165, 1.54) is 5.56 Å². The van der Waals surface area contributed by atoms with Gasteiger partial charge in [-0.2, -0.15) is 0 Å². The van der Waals surface area contributed by atoms with Crippen LogP contribution in [0.4, 0.5) is 0 Å². The molecular formula is C14H12N2O. The van der Waals surface area contributed by atoms with Gasteiger partial charge in [0, 0.05) is 5.56 Å². The Labute approximate surface area is 99.0 Å². The first-order valence-electron chi connectivity index (χ1n) is 5.48. The van der Waals surface area contributed by atoms with Crippen molar-refractivity contribution in [1.82, 2.24) is 9.38 Å². The number of aromatic nitrogens is 2. The van der Waals surface area contributed by atoms with Crippen molar-refractivity contribution in [2.24, 2.45) is 0 Å². The summed E-state index contributed by atoms with van der Waals surface area (Å²) in [5.74, 6) is 1.10. The predicted molar refractivity (Wildman–Crippen MR) is 67.0 cm³/mol. The molecule has 0 aliphatic rings. The Hall–Kier alpha value is -2.29. The van der Waals surface area contributed by atoms with E-state index in [4.69, 9.17) is 0 Å². The van der Waals surface area contributed by atoms with Gasteiger partial charge < -0.3 is 5.11 Å². The zero-order valence-electron chi connectivity index (χ0n) is 9.46. The van der Waals surface area contributed by atoms with Crippen molar-refractivity contribution in [1.29, 1.82) is 0 Å². The van der Waals surface area contributed by atoms with Crippen molar-refractivity contribution in [3.05, 3.63) is 54.4 Å². The van der Waals surface area contributed by atoms with E-state index in [9.17, 15) is 5.11 Å². The highest BCUT2D eigenvalue weighted by Gasteiger charge is 2.08. The van der Waals surface area contributed by atoms with Gasteiger partial charge in [0.05, 0.1) is 17.9 Å². The number of aryl methyl sites for hydroxylation is 1. The van der Waals surface area contributed by atoms with Crippen LogP contribution in [-0.2, 0) is 0 Å². The van der Waals surface area contributed by atoms with Crippen molar-refractivity contribution < 1.29 is 5.11 Å². The van der Waals surface area contributed by atoms with E-state index in [2.05, 4.69) is 18.0 Å². The van der Waals surface area contributed by atoms with Gasteiger partial charge in [0.15, 0.2) is 0 Å². The first-order valence-corrected chi connectivity index (χ1v) is 5.48. The lowest BCUT2D eigenvalue weighted by molar-refractivity contribution is 0.472. The third kappa shape index (κ3) is 1.56. The second-order valence-electron chi connectivity index (χ2n) is 4.08. The largest absolute Gasteiger partial charge is 0.506 e. The van der Waals surface area contributed by atoms with Crippen LogP contribution in [0.5, 0.6) is 5.75 Å². The summed E-state index contributed by atoms with van der Waals surface area (Å²) >= 11 is 0. The molecule has 0 spiro atoms. The van der Waals surface area contributed by atoms with Gasteiger partial charge in [-0.1, -0.05) is 24.3 Å². The second-order valence-corrected chi connectivity index (χ2v) is 4.08. The van der Waals surface area contributed by atoms with Gasteiger partial charge in [0.2, 0.25) is 0 Å². The maximum Gasteiger partial charge on any atom is 0.144 e. The molecule has 0 amide bonds. The summed E-state index contributed by atoms with van der Waals surface area (Å²) in [7, 11) is 0. The van der Waals surface area contributed by atoms with Gasteiger partial charge in [0.25, 0.3) is 0 Å². The molecule has 3 aromatic rings. The SMILES string of the molecule is Cc1ccccc1-c1ncc2ccc(O)cn12. The Morgan fingerprint density at radius 1 is 1.12 bits per heavy atom. The van der Waals surface area contributed by atoms with E-state index in [0.29, 0.717) is 0 Å². The molecule has 0 unspecified atom stereocenters. The maximum atomic E-state index is 9.54. The smallest absolute Gasteiger partial charge is 0.144 e. The molecule has 2 aromatic heterocycles. The first kappa shape index (κ1) is 9.90. The Kier molecular flexibility index (Phi) is 2.11. The van der Waals surface area contributed by atoms with Crippen molar-refractivity contribution in [2.75, 3.05) is 0 Å². The van der Waals surface area contributed by atoms with Gasteiger partial charge in [-0.15, -0.1) is 0 Å². The fourth-order valence-electron chi connectivity index (χ4n) is 2.00. The van der Waals surface area contributed by atoms with E-state index in [1.54, 1.807) is 18.5 Å². The molecule has 0 aliphatic carbocycles. The van der Waals surface area contributed by atoms with Gasteiger partial charge in [-0.25, -0.2) is 4.98 Å². The molecule has 0 saturated heterocycles. The molecule has 0 radical (unpaired) electrons. The molecule has 1 aromatic carbocycles. The number of fused-ring (bicyclic) bond motifs is 1. The lowest BCUT2D eigenvalue weighted by atomic mass is 10.1. The average molecular weight is 224 g/mol. The molecule has 1 N–H and O–H groups in total. The summed E-state index contributed by atoms with van der Waals surface area (Å²) in [6.07, 6.45) is 3.49. The lowest BCUT2D eigenvalue weighted by Gasteiger charge is -2.05. The van der Waals surface area contributed by atoms with E-state index >= 15 is 0 Å². The molecule has 0 fully saturated rings. The van der Waals surface area contributed by atoms with Crippen molar-refractivity contribution in [3.63, 3.8) is 0 Å². The fraction of sp³-hybridized carbons (Fsp3) is 0.0714. The Morgan fingerprint density at radius 2 is 1.94 bits per heavy atom. The topological polar surface area (TPSA) is 37.5 Å². The standard InChI is InChI=1S/C14H12N2O/c1-10-4-2-3-5-13(10)14-15-8-11-6-7-12(17)9-16(11)14/h2-9,17H,1H3. The van der Waals surface area contributed by atoms with E-state index < -0.39 is 0 Å². The Morgan fingerprint density at radius 3 is 2.76 bits per heavy atom. The molecule has 0 atom stereocenters. The van der Waals surface area contributed by atoms with Crippen LogP contribution in [-0.4, -0.2) is 14.5 Å². The third-order valence-electron chi connectivity index (χ3n) is 2.90. The molecule has 3 rings (SSSR count). The second kappa shape index (κ2) is 3.63. The fourth-order valence-corrected chi connectivity index (χ4v) is 2.00. The summed E-state index contributed by atoms with van der Waals surface area (Å²) in [5, 5.41) is 9.54. The quantitative estimate of drug-likeness (QED) is 0.690. The maximum absolute atomic E-state index is 9.54. The molecule has 3 nitrogen and oxygen atoms in total. The van der Waals surface area contributed by atoms with Crippen LogP contribution in [0.2, 0.25) is 0 Å². The molecule has 0 saturated carbocycles. The molecule has 84 valence electrons. The van der Waals surface area contributed by atoms with Gasteiger partial charge in [0.1, 0.15) is 11.6 Å². The highest BCUT2D eigenvalue weighted by molar-refractivity contribution is 5.65. The van der Waals surface area contributed by atoms with Gasteiger partial charge in [-0.05, 0) is 24.6 Å². The molecule has 0 aliphatic heterocycles. The first-order chi connectivity index (χ1) is 8.25. The predicted octanol–water partition coefficient (Wildman–Crippen LogP) is 3.02. The van der Waals surface area contributed by atoms with Crippen molar-refractivity contribution in [3.8, 4) is 17.1 Å². The van der Waals surface area contributed by atoms with E-state index in [-0.39, 0.29) is 5.75 Å². The molecule has 0 bridgehead atoms. The number of benzene rings is 1. The Bertz CT molecular complexity index is 686. The lowest BCUT2D eigenvalue weighted by Crippen LogP contribution is -1.91. The highest BCUT2D eigenvalue weighted by Crippen LogP contribution is 2.24. The van der Waals surface area contributed by atoms with Crippen LogP contribution in [0, 0.1) is 6.92 Å². The minimum Gasteiger partial charge on any atom is -0.506 e. The summed E-state index contributed by atoms with van der Waals surface area (Å²) in [6, 6.07) is 11.6. The molecular weight excluding hydrogens is 212 g/mol. The van der Waals surface area contributed by atoms with Gasteiger partial charge in [-0.3, -0.25) is 4.40 Å². The number of nitrogens with zero attached hydrogens (tertiary/aromatic N) is 2. The van der Waals surface area contributed by atoms with Crippen molar-refractivity contribution in [2.45, 2.75) is 6.92 Å². The third-order valence-corrected chi connectivity index (χ3v) is 2.90. The summed E-state index contributed by atoms with van der Waals surface area (Å²) in [5.41, 5.74) is 3.22. The number of imidazole rings is 1. The van der Waals surface area contributed by atoms with Crippen LogP contribution >= 0.6 is 0 Å². The normalized spacial score (nSPS) is 10.9. The zero-order chi connectivity index (χ0) is 11.8.